The molecule has 1 atom stereocenters. The van der Waals surface area contributed by atoms with E-state index in [4.69, 9.17) is 11.5 Å². The van der Waals surface area contributed by atoms with Crippen LogP contribution in [0.15, 0.2) is 4.99 Å². The SMILES string of the molecule is CCC(CC)C(CN=C(N)N)N1CCCC1. The van der Waals surface area contributed by atoms with Gasteiger partial charge in [-0.15, -0.1) is 0 Å². The van der Waals surface area contributed by atoms with Gasteiger partial charge < -0.3 is 11.5 Å². The first-order valence-electron chi connectivity index (χ1n) is 6.48. The van der Waals surface area contributed by atoms with Crippen LogP contribution in [0.5, 0.6) is 0 Å². The van der Waals surface area contributed by atoms with Crippen LogP contribution in [0, 0.1) is 5.92 Å². The monoisotopic (exact) mass is 226 g/mol. The molecule has 1 unspecified atom stereocenters. The Hall–Kier alpha value is -0.770. The molecule has 4 N–H and O–H groups in total. The highest BCUT2D eigenvalue weighted by Crippen LogP contribution is 2.23. The lowest BCUT2D eigenvalue weighted by atomic mass is 9.93. The molecular weight excluding hydrogens is 200 g/mol. The van der Waals surface area contributed by atoms with Gasteiger partial charge in [0, 0.05) is 6.04 Å². The molecule has 0 aromatic rings. The standard InChI is InChI=1S/C12H26N4/c1-3-10(4-2)11(9-15-12(13)14)16-7-5-6-8-16/h10-11H,3-9H2,1-2H3,(H4,13,14,15). The highest BCUT2D eigenvalue weighted by atomic mass is 15.2. The summed E-state index contributed by atoms with van der Waals surface area (Å²) in [7, 11) is 0. The first-order valence-corrected chi connectivity index (χ1v) is 6.48. The Labute approximate surface area is 99.1 Å². The largest absolute Gasteiger partial charge is 0.370 e. The highest BCUT2D eigenvalue weighted by Gasteiger charge is 2.27. The van der Waals surface area contributed by atoms with Crippen LogP contribution in [-0.2, 0) is 0 Å². The van der Waals surface area contributed by atoms with Gasteiger partial charge in [0.2, 0.25) is 0 Å². The van der Waals surface area contributed by atoms with E-state index in [0.29, 0.717) is 12.0 Å². The first kappa shape index (κ1) is 13.3. The van der Waals surface area contributed by atoms with Gasteiger partial charge in [0.1, 0.15) is 0 Å². The van der Waals surface area contributed by atoms with Gasteiger partial charge in [0.05, 0.1) is 6.54 Å². The molecule has 0 bridgehead atoms. The van der Waals surface area contributed by atoms with E-state index in [1.807, 2.05) is 0 Å². The van der Waals surface area contributed by atoms with Crippen LogP contribution in [0.1, 0.15) is 39.5 Å². The Morgan fingerprint density at radius 3 is 2.19 bits per heavy atom. The van der Waals surface area contributed by atoms with Crippen LogP contribution in [0.3, 0.4) is 0 Å². The van der Waals surface area contributed by atoms with E-state index >= 15 is 0 Å². The van der Waals surface area contributed by atoms with Crippen LogP contribution in [0.2, 0.25) is 0 Å². The number of nitrogens with zero attached hydrogens (tertiary/aromatic N) is 2. The van der Waals surface area contributed by atoms with Gasteiger partial charge in [0.25, 0.3) is 0 Å². The average molecular weight is 226 g/mol. The molecule has 1 aliphatic heterocycles. The molecule has 4 nitrogen and oxygen atoms in total. The number of hydrogen-bond donors (Lipinski definition) is 2. The second-order valence-corrected chi connectivity index (χ2v) is 4.65. The topological polar surface area (TPSA) is 67.6 Å². The molecule has 0 amide bonds. The fourth-order valence-corrected chi connectivity index (χ4v) is 2.67. The number of hydrogen-bond acceptors (Lipinski definition) is 2. The molecule has 1 aliphatic rings. The summed E-state index contributed by atoms with van der Waals surface area (Å²) in [5.74, 6) is 0.927. The third-order valence-corrected chi connectivity index (χ3v) is 3.66. The Morgan fingerprint density at radius 2 is 1.75 bits per heavy atom. The van der Waals surface area contributed by atoms with Crippen LogP contribution in [-0.4, -0.2) is 36.5 Å². The summed E-state index contributed by atoms with van der Waals surface area (Å²) in [5, 5.41) is 0. The lowest BCUT2D eigenvalue weighted by Crippen LogP contribution is -2.41. The predicted octanol–water partition coefficient (Wildman–Crippen LogP) is 1.16. The van der Waals surface area contributed by atoms with E-state index in [0.717, 1.165) is 6.54 Å². The first-order chi connectivity index (χ1) is 7.69. The van der Waals surface area contributed by atoms with Crippen molar-refractivity contribution >= 4 is 5.96 Å². The number of likely N-dealkylation sites (tertiary alicyclic amines) is 1. The van der Waals surface area contributed by atoms with Crippen LogP contribution >= 0.6 is 0 Å². The van der Waals surface area contributed by atoms with Gasteiger partial charge >= 0.3 is 0 Å². The Morgan fingerprint density at radius 1 is 1.19 bits per heavy atom. The van der Waals surface area contributed by atoms with Crippen molar-refractivity contribution in [3.8, 4) is 0 Å². The molecule has 4 heteroatoms. The third-order valence-electron chi connectivity index (χ3n) is 3.66. The van der Waals surface area contributed by atoms with Crippen LogP contribution in [0.25, 0.3) is 0 Å². The summed E-state index contributed by atoms with van der Waals surface area (Å²) in [6, 6.07) is 0.527. The zero-order valence-corrected chi connectivity index (χ0v) is 10.7. The van der Waals surface area contributed by atoms with E-state index in [-0.39, 0.29) is 5.96 Å². The van der Waals surface area contributed by atoms with Crippen molar-refractivity contribution < 1.29 is 0 Å². The number of nitrogens with two attached hydrogens (primary N) is 2. The van der Waals surface area contributed by atoms with Crippen molar-refractivity contribution in [2.45, 2.75) is 45.6 Å². The lowest BCUT2D eigenvalue weighted by Gasteiger charge is -2.32. The van der Waals surface area contributed by atoms with Gasteiger partial charge in [-0.2, -0.15) is 0 Å². The second-order valence-electron chi connectivity index (χ2n) is 4.65. The van der Waals surface area contributed by atoms with Crippen molar-refractivity contribution in [2.75, 3.05) is 19.6 Å². The molecule has 1 fully saturated rings. The predicted molar refractivity (Wildman–Crippen MR) is 69.3 cm³/mol. The maximum atomic E-state index is 5.43. The van der Waals surface area contributed by atoms with Crippen LogP contribution in [0.4, 0.5) is 0 Å². The van der Waals surface area contributed by atoms with Crippen LogP contribution < -0.4 is 11.5 Å². The summed E-state index contributed by atoms with van der Waals surface area (Å²) < 4.78 is 0. The van der Waals surface area contributed by atoms with Crippen molar-refractivity contribution in [3.63, 3.8) is 0 Å². The summed E-state index contributed by atoms with van der Waals surface area (Å²) in [6.07, 6.45) is 5.05. The highest BCUT2D eigenvalue weighted by molar-refractivity contribution is 5.75. The maximum Gasteiger partial charge on any atom is 0.185 e. The van der Waals surface area contributed by atoms with Crippen molar-refractivity contribution in [1.29, 1.82) is 0 Å². The van der Waals surface area contributed by atoms with Crippen molar-refractivity contribution in [1.82, 2.24) is 4.90 Å². The number of aliphatic imine (C=N–C) groups is 1. The minimum Gasteiger partial charge on any atom is -0.370 e. The molecule has 1 saturated heterocycles. The second kappa shape index (κ2) is 6.74. The Balaban J connectivity index is 2.62. The summed E-state index contributed by atoms with van der Waals surface area (Å²) in [4.78, 5) is 6.78. The van der Waals surface area contributed by atoms with Gasteiger partial charge in [-0.25, -0.2) is 0 Å². The van der Waals surface area contributed by atoms with Crippen molar-refractivity contribution in [3.05, 3.63) is 0 Å². The fourth-order valence-electron chi connectivity index (χ4n) is 2.67. The average Bonchev–Trinajstić information content (AvgIpc) is 2.77. The normalized spacial score (nSPS) is 18.9. The molecule has 0 aromatic carbocycles. The molecule has 0 radical (unpaired) electrons. The minimum absolute atomic E-state index is 0.218. The molecule has 0 saturated carbocycles. The Kier molecular flexibility index (Phi) is 5.60. The third kappa shape index (κ3) is 3.67. The fraction of sp³-hybridized carbons (Fsp3) is 0.917. The molecule has 0 aromatic heterocycles. The minimum atomic E-state index is 0.218. The van der Waals surface area contributed by atoms with Gasteiger partial charge in [-0.3, -0.25) is 9.89 Å². The van der Waals surface area contributed by atoms with Gasteiger partial charge in [-0.05, 0) is 31.8 Å². The quantitative estimate of drug-likeness (QED) is 0.527. The molecular formula is C12H26N4. The van der Waals surface area contributed by atoms with Gasteiger partial charge in [0.15, 0.2) is 5.96 Å². The smallest absolute Gasteiger partial charge is 0.185 e. The molecule has 1 rings (SSSR count). The number of rotatable bonds is 6. The molecule has 1 heterocycles. The maximum absolute atomic E-state index is 5.43. The van der Waals surface area contributed by atoms with Crippen molar-refractivity contribution in [2.24, 2.45) is 22.4 Å². The lowest BCUT2D eigenvalue weighted by molar-refractivity contribution is 0.172. The summed E-state index contributed by atoms with van der Waals surface area (Å²) in [5.41, 5.74) is 10.9. The molecule has 94 valence electrons. The zero-order valence-electron chi connectivity index (χ0n) is 10.7. The van der Waals surface area contributed by atoms with E-state index < -0.39 is 0 Å². The molecule has 0 aliphatic carbocycles. The molecule has 16 heavy (non-hydrogen) atoms. The van der Waals surface area contributed by atoms with E-state index in [9.17, 15) is 0 Å². The summed E-state index contributed by atoms with van der Waals surface area (Å²) >= 11 is 0. The van der Waals surface area contributed by atoms with E-state index in [1.165, 1.54) is 38.8 Å². The Bertz CT molecular complexity index is 211. The molecule has 0 spiro atoms. The summed E-state index contributed by atoms with van der Waals surface area (Å²) in [6.45, 7) is 7.69. The zero-order chi connectivity index (χ0) is 12.0. The van der Waals surface area contributed by atoms with E-state index in [1.54, 1.807) is 0 Å². The van der Waals surface area contributed by atoms with E-state index in [2.05, 4.69) is 23.7 Å². The number of guanidine groups is 1. The van der Waals surface area contributed by atoms with Gasteiger partial charge in [-0.1, -0.05) is 26.7 Å².